The zero-order valence-corrected chi connectivity index (χ0v) is 27.7. The Bertz CT molecular complexity index is 1620. The van der Waals surface area contributed by atoms with Gasteiger partial charge in [-0.05, 0) is 93.3 Å². The van der Waals surface area contributed by atoms with Gasteiger partial charge in [0.15, 0.2) is 0 Å². The first-order valence-electron chi connectivity index (χ1n) is 15.4. The van der Waals surface area contributed by atoms with Gasteiger partial charge in [0.05, 0.1) is 24.9 Å². The van der Waals surface area contributed by atoms with Crippen LogP contribution in [-0.4, -0.2) is 54.4 Å². The Balaban J connectivity index is 1.77. The minimum absolute atomic E-state index is 0.139. The van der Waals surface area contributed by atoms with E-state index >= 15 is 0 Å². The third-order valence-corrected chi connectivity index (χ3v) is 6.79. The number of carbonyl (C=O) groups excluding carboxylic acids is 4. The van der Waals surface area contributed by atoms with E-state index in [1.165, 1.54) is 6.92 Å². The van der Waals surface area contributed by atoms with E-state index in [0.717, 1.165) is 16.7 Å². The summed E-state index contributed by atoms with van der Waals surface area (Å²) in [7, 11) is 0. The van der Waals surface area contributed by atoms with Crippen molar-refractivity contribution in [3.05, 3.63) is 88.0 Å². The average molecular weight is 663 g/mol. The predicted octanol–water partition coefficient (Wildman–Crippen LogP) is 5.21. The summed E-state index contributed by atoms with van der Waals surface area (Å²) in [5.74, 6) is -0.994. The highest BCUT2D eigenvalue weighted by atomic mass is 16.7. The molecule has 0 aliphatic heterocycles. The van der Waals surface area contributed by atoms with Gasteiger partial charge in [-0.3, -0.25) is 25.1 Å². The van der Waals surface area contributed by atoms with Gasteiger partial charge in [0, 0.05) is 36.8 Å². The maximum absolute atomic E-state index is 13.5. The second-order valence-electron chi connectivity index (χ2n) is 11.0. The van der Waals surface area contributed by atoms with E-state index in [0.29, 0.717) is 40.2 Å². The molecule has 0 saturated heterocycles. The number of aliphatic hydroxyl groups is 1. The van der Waals surface area contributed by atoms with Crippen molar-refractivity contribution >= 4 is 41.1 Å². The smallest absolute Gasteiger partial charge is 0.415 e. The largest absolute Gasteiger partial charge is 0.491 e. The van der Waals surface area contributed by atoms with Crippen molar-refractivity contribution in [3.8, 4) is 5.75 Å². The Morgan fingerprint density at radius 1 is 0.958 bits per heavy atom. The highest BCUT2D eigenvalue weighted by Gasteiger charge is 2.18. The van der Waals surface area contributed by atoms with Gasteiger partial charge >= 0.3 is 18.0 Å². The topological polar surface area (TPSA) is 185 Å². The van der Waals surface area contributed by atoms with Crippen molar-refractivity contribution < 1.29 is 43.2 Å². The van der Waals surface area contributed by atoms with Crippen LogP contribution in [0.2, 0.25) is 0 Å². The van der Waals surface area contributed by atoms with Crippen molar-refractivity contribution in [2.24, 2.45) is 0 Å². The molecule has 0 unspecified atom stereocenters. The Kier molecular flexibility index (Phi) is 13.9. The number of hydrogen-bond acceptors (Lipinski definition) is 11. The van der Waals surface area contributed by atoms with Crippen LogP contribution in [0.25, 0.3) is 0 Å². The SMILES string of the molecule is CCOC(=O)CCc1c(CNc2ccc(C)cc2C(=O)Nc2ccc(C(=N)NC(=O)OCOC(C)=O)cc2)cc(CO)cc1OC(C)C. The molecule has 0 radical (unpaired) electrons. The molecule has 13 heteroatoms. The summed E-state index contributed by atoms with van der Waals surface area (Å²) in [5.41, 5.74) is 4.86. The molecule has 5 N–H and O–H groups in total. The summed E-state index contributed by atoms with van der Waals surface area (Å²) < 4.78 is 20.4. The van der Waals surface area contributed by atoms with Gasteiger partial charge in [0.1, 0.15) is 11.6 Å². The Morgan fingerprint density at radius 3 is 2.33 bits per heavy atom. The number of nitrogens with one attached hydrogen (secondary N) is 4. The normalized spacial score (nSPS) is 10.6. The third kappa shape index (κ3) is 11.4. The Hall–Kier alpha value is -5.43. The van der Waals surface area contributed by atoms with Crippen LogP contribution < -0.4 is 20.7 Å². The van der Waals surface area contributed by atoms with Gasteiger partial charge < -0.3 is 34.7 Å². The summed E-state index contributed by atoms with van der Waals surface area (Å²) in [5, 5.41) is 26.5. The summed E-state index contributed by atoms with van der Waals surface area (Å²) in [4.78, 5) is 48.3. The number of benzene rings is 3. The number of amidine groups is 1. The summed E-state index contributed by atoms with van der Waals surface area (Å²) in [6.45, 7) is 8.38. The molecule has 0 aliphatic rings. The van der Waals surface area contributed by atoms with Crippen LogP contribution in [-0.2, 0) is 43.4 Å². The number of aryl methyl sites for hydroxylation is 1. The number of hydrogen-bond donors (Lipinski definition) is 5. The molecule has 0 aromatic heterocycles. The van der Waals surface area contributed by atoms with E-state index in [4.69, 9.17) is 14.9 Å². The van der Waals surface area contributed by atoms with Crippen molar-refractivity contribution in [3.63, 3.8) is 0 Å². The Morgan fingerprint density at radius 2 is 1.69 bits per heavy atom. The molecule has 256 valence electrons. The average Bonchev–Trinajstić information content (AvgIpc) is 3.03. The highest BCUT2D eigenvalue weighted by Crippen LogP contribution is 2.30. The predicted molar refractivity (Wildman–Crippen MR) is 179 cm³/mol. The zero-order chi connectivity index (χ0) is 35.2. The molecule has 3 aromatic rings. The fraction of sp³-hybridized carbons (Fsp3) is 0.343. The molecule has 2 amide bonds. The van der Waals surface area contributed by atoms with Gasteiger partial charge in [0.2, 0.25) is 6.79 Å². The number of esters is 2. The number of carbonyl (C=O) groups is 4. The van der Waals surface area contributed by atoms with Gasteiger partial charge in [-0.15, -0.1) is 0 Å². The van der Waals surface area contributed by atoms with Gasteiger partial charge in [-0.2, -0.15) is 0 Å². The van der Waals surface area contributed by atoms with E-state index in [1.807, 2.05) is 32.9 Å². The van der Waals surface area contributed by atoms with E-state index < -0.39 is 18.9 Å². The molecular formula is C35H42N4O9. The van der Waals surface area contributed by atoms with Crippen LogP contribution in [0.1, 0.15) is 72.3 Å². The molecular weight excluding hydrogens is 620 g/mol. The van der Waals surface area contributed by atoms with Gasteiger partial charge in [0.25, 0.3) is 5.91 Å². The van der Waals surface area contributed by atoms with Crippen LogP contribution >= 0.6 is 0 Å². The second kappa shape index (κ2) is 18.0. The fourth-order valence-corrected chi connectivity index (χ4v) is 4.60. The maximum atomic E-state index is 13.5. The third-order valence-electron chi connectivity index (χ3n) is 6.79. The highest BCUT2D eigenvalue weighted by molar-refractivity contribution is 6.09. The van der Waals surface area contributed by atoms with Crippen LogP contribution in [0.4, 0.5) is 16.2 Å². The van der Waals surface area contributed by atoms with Crippen molar-refractivity contribution in [1.82, 2.24) is 5.32 Å². The van der Waals surface area contributed by atoms with E-state index in [9.17, 15) is 24.3 Å². The van der Waals surface area contributed by atoms with Crippen LogP contribution in [0.15, 0.2) is 54.6 Å². The summed E-state index contributed by atoms with van der Waals surface area (Å²) >= 11 is 0. The number of amides is 2. The molecule has 0 heterocycles. The number of aliphatic hydroxyl groups excluding tert-OH is 1. The lowest BCUT2D eigenvalue weighted by Crippen LogP contribution is -2.31. The maximum Gasteiger partial charge on any atom is 0.415 e. The number of rotatable bonds is 15. The molecule has 3 aromatic carbocycles. The molecule has 0 bridgehead atoms. The van der Waals surface area contributed by atoms with E-state index in [-0.39, 0.29) is 50.0 Å². The molecule has 13 nitrogen and oxygen atoms in total. The molecule has 48 heavy (non-hydrogen) atoms. The standard InChI is InChI=1S/C35H42N4O9/c1-6-45-32(42)14-12-28-26(16-24(19-40)17-31(28)48-21(2)3)18-37-30-13-7-22(4)15-29(30)34(43)38-27-10-8-25(9-11-27)33(36)39-35(44)47-20-46-23(5)41/h7-11,13,15-17,21,37,40H,6,12,14,18-20H2,1-5H3,(H,38,43)(H2,36,39,44). The lowest BCUT2D eigenvalue weighted by molar-refractivity contribution is -0.149. The quantitative estimate of drug-likeness (QED) is 0.0626. The molecule has 0 fully saturated rings. The van der Waals surface area contributed by atoms with Crippen molar-refractivity contribution in [1.29, 1.82) is 5.41 Å². The van der Waals surface area contributed by atoms with Crippen LogP contribution in [0.3, 0.4) is 0 Å². The minimum atomic E-state index is -0.962. The monoisotopic (exact) mass is 662 g/mol. The lowest BCUT2D eigenvalue weighted by Gasteiger charge is -2.20. The molecule has 0 aliphatic carbocycles. The Labute approximate surface area is 279 Å². The number of anilines is 2. The molecule has 0 saturated carbocycles. The summed E-state index contributed by atoms with van der Waals surface area (Å²) in [6.07, 6.45) is -0.584. The van der Waals surface area contributed by atoms with E-state index in [2.05, 4.69) is 25.4 Å². The lowest BCUT2D eigenvalue weighted by atomic mass is 9.98. The molecule has 0 spiro atoms. The second-order valence-corrected chi connectivity index (χ2v) is 11.0. The molecule has 3 rings (SSSR count). The zero-order valence-electron chi connectivity index (χ0n) is 27.7. The fourth-order valence-electron chi connectivity index (χ4n) is 4.60. The van der Waals surface area contributed by atoms with Crippen LogP contribution in [0.5, 0.6) is 5.75 Å². The minimum Gasteiger partial charge on any atom is -0.491 e. The van der Waals surface area contributed by atoms with Crippen molar-refractivity contribution in [2.45, 2.75) is 66.7 Å². The number of alkyl carbamates (subject to hydrolysis) is 1. The number of ether oxygens (including phenoxy) is 4. The van der Waals surface area contributed by atoms with Gasteiger partial charge in [-0.25, -0.2) is 4.79 Å². The first kappa shape index (κ1) is 37.0. The molecule has 0 atom stereocenters. The first-order valence-corrected chi connectivity index (χ1v) is 15.4. The van der Waals surface area contributed by atoms with Gasteiger partial charge in [-0.1, -0.05) is 17.7 Å². The van der Waals surface area contributed by atoms with Crippen molar-refractivity contribution in [2.75, 3.05) is 24.0 Å². The van der Waals surface area contributed by atoms with E-state index in [1.54, 1.807) is 49.4 Å². The first-order chi connectivity index (χ1) is 22.9. The summed E-state index contributed by atoms with van der Waals surface area (Å²) in [6, 6.07) is 15.3. The van der Waals surface area contributed by atoms with Crippen LogP contribution in [0, 0.1) is 12.3 Å².